The zero-order chi connectivity index (χ0) is 30.5. The molecule has 226 valence electrons. The summed E-state index contributed by atoms with van der Waals surface area (Å²) >= 11 is 0. The maximum atomic E-state index is 14.0. The number of rotatable bonds is 3. The van der Waals surface area contributed by atoms with Crippen molar-refractivity contribution in [3.05, 3.63) is 29.8 Å². The summed E-state index contributed by atoms with van der Waals surface area (Å²) in [6, 6.07) is 2.46. The summed E-state index contributed by atoms with van der Waals surface area (Å²) in [7, 11) is 0. The molecule has 7 atom stereocenters. The number of piperazine rings is 3. The number of phenolic OH excluding ortho intramolecular Hbond substituents is 1. The van der Waals surface area contributed by atoms with Crippen LogP contribution in [0.4, 0.5) is 0 Å². The molecular weight excluding hydrogens is 564 g/mol. The van der Waals surface area contributed by atoms with Crippen molar-refractivity contribution in [2.45, 2.75) is 66.5 Å². The van der Waals surface area contributed by atoms with Gasteiger partial charge in [-0.2, -0.15) is 0 Å². The topological polar surface area (TPSA) is 232 Å². The molecule has 1 aromatic carbocycles. The largest absolute Gasteiger partial charge is 0.508 e. The number of fused-ring (bicyclic) bond motifs is 2. The van der Waals surface area contributed by atoms with Crippen LogP contribution in [0.25, 0.3) is 0 Å². The van der Waals surface area contributed by atoms with E-state index in [2.05, 4.69) is 26.6 Å². The highest BCUT2D eigenvalue weighted by atomic mass is 16.3. The number of aromatic hydroxyl groups is 1. The predicted molar refractivity (Wildman–Crippen MR) is 142 cm³/mol. The molecule has 0 unspecified atom stereocenters. The fourth-order valence-corrected chi connectivity index (χ4v) is 7.50. The SMILES string of the molecule is NC(=O)[C@@H]1C[C@@]2(CN1)NC(=O)[C@@H]1C[C@@]3(CN1C2=O)NC(=O)[C@@H]1C[C@@]2(CN1C3=O)NC(=O)[C@H](Cc1ccc(O)cc1)NC2=O. The highest BCUT2D eigenvalue weighted by molar-refractivity contribution is 6.08. The molecule has 0 aromatic heterocycles. The summed E-state index contributed by atoms with van der Waals surface area (Å²) in [6.07, 6.45) is -0.168. The van der Waals surface area contributed by atoms with Crippen LogP contribution < -0.4 is 32.3 Å². The van der Waals surface area contributed by atoms with Gasteiger partial charge in [0.2, 0.25) is 29.5 Å². The molecule has 0 bridgehead atoms. The second kappa shape index (κ2) is 8.89. The molecule has 1 aromatic rings. The van der Waals surface area contributed by atoms with Crippen molar-refractivity contribution in [1.29, 1.82) is 0 Å². The van der Waals surface area contributed by atoms with Crippen molar-refractivity contribution in [3.8, 4) is 5.75 Å². The van der Waals surface area contributed by atoms with E-state index in [0.29, 0.717) is 5.56 Å². The second-order valence-corrected chi connectivity index (χ2v) is 12.5. The Morgan fingerprint density at radius 2 is 1.37 bits per heavy atom. The molecule has 0 radical (unpaired) electrons. The molecule has 0 aliphatic carbocycles. The first-order valence-electron chi connectivity index (χ1n) is 14.1. The molecule has 6 saturated heterocycles. The quantitative estimate of drug-likeness (QED) is 0.177. The molecule has 7 amide bonds. The summed E-state index contributed by atoms with van der Waals surface area (Å²) in [5.41, 5.74) is 1.57. The van der Waals surface area contributed by atoms with Crippen molar-refractivity contribution >= 4 is 41.4 Å². The van der Waals surface area contributed by atoms with Gasteiger partial charge in [-0.1, -0.05) is 12.1 Å². The summed E-state index contributed by atoms with van der Waals surface area (Å²) < 4.78 is 0. The molecule has 6 fully saturated rings. The number of hydrogen-bond donors (Lipinski definition) is 7. The van der Waals surface area contributed by atoms with Gasteiger partial charge in [-0.05, 0) is 17.7 Å². The number of amides is 7. The van der Waals surface area contributed by atoms with Crippen molar-refractivity contribution in [2.24, 2.45) is 5.73 Å². The predicted octanol–water partition coefficient (Wildman–Crippen LogP) is -4.93. The van der Waals surface area contributed by atoms with Crippen LogP contribution in [0.15, 0.2) is 24.3 Å². The molecule has 8 N–H and O–H groups in total. The van der Waals surface area contributed by atoms with Crippen LogP contribution in [0.1, 0.15) is 24.8 Å². The Labute approximate surface area is 244 Å². The highest BCUT2D eigenvalue weighted by Gasteiger charge is 2.67. The molecular formula is C27H30N8O8. The van der Waals surface area contributed by atoms with Crippen LogP contribution in [0.2, 0.25) is 0 Å². The first-order chi connectivity index (χ1) is 20.4. The van der Waals surface area contributed by atoms with Gasteiger partial charge in [0.1, 0.15) is 40.5 Å². The lowest BCUT2D eigenvalue weighted by Crippen LogP contribution is -2.72. The first-order valence-corrected chi connectivity index (χ1v) is 14.1. The molecule has 43 heavy (non-hydrogen) atoms. The van der Waals surface area contributed by atoms with Gasteiger partial charge in [0.15, 0.2) is 0 Å². The monoisotopic (exact) mass is 594 g/mol. The molecule has 7 rings (SSSR count). The Kier molecular flexibility index (Phi) is 5.61. The lowest BCUT2D eigenvalue weighted by molar-refractivity contribution is -0.154. The standard InChI is InChI=1S/C27H30N8O8/c28-18(37)15-6-25(9-29-15)23(42)35-11-27(8-17(35)20(39)32-25)24(43)34-10-26(7-16(34)21(40)33-27)22(41)30-14(19(38)31-26)5-12-1-3-13(36)4-2-12/h1-4,14-17,29,36H,5-11H2,(H2,28,37)(H,30,41)(H,31,38)(H,32,39)(H,33,40)/t14-,15-,16-,17-,25-,26-,27-/m0/s1. The maximum Gasteiger partial charge on any atom is 0.251 e. The number of nitrogens with two attached hydrogens (primary N) is 1. The molecule has 6 aliphatic rings. The van der Waals surface area contributed by atoms with Gasteiger partial charge in [-0.15, -0.1) is 0 Å². The number of hydrogen-bond acceptors (Lipinski definition) is 9. The Morgan fingerprint density at radius 1 is 0.814 bits per heavy atom. The van der Waals surface area contributed by atoms with Gasteiger partial charge in [-0.25, -0.2) is 0 Å². The molecule has 3 spiro atoms. The van der Waals surface area contributed by atoms with Crippen LogP contribution in [-0.2, 0) is 40.0 Å². The summed E-state index contributed by atoms with van der Waals surface area (Å²) in [5.74, 6) is -3.69. The Morgan fingerprint density at radius 3 is 2.00 bits per heavy atom. The number of carbonyl (C=O) groups excluding carboxylic acids is 7. The van der Waals surface area contributed by atoms with Crippen LogP contribution in [0.3, 0.4) is 0 Å². The lowest BCUT2D eigenvalue weighted by Gasteiger charge is -2.42. The van der Waals surface area contributed by atoms with Crippen LogP contribution in [0.5, 0.6) is 5.75 Å². The molecule has 16 heteroatoms. The Balaban J connectivity index is 1.09. The van der Waals surface area contributed by atoms with E-state index < -0.39 is 82.1 Å². The Hall–Kier alpha value is -4.73. The van der Waals surface area contributed by atoms with Gasteiger partial charge in [0.25, 0.3) is 11.8 Å². The average molecular weight is 595 g/mol. The van der Waals surface area contributed by atoms with Crippen molar-refractivity contribution in [3.63, 3.8) is 0 Å². The third-order valence-corrected chi connectivity index (χ3v) is 9.73. The van der Waals surface area contributed by atoms with Gasteiger partial charge >= 0.3 is 0 Å². The molecule has 16 nitrogen and oxygen atoms in total. The summed E-state index contributed by atoms with van der Waals surface area (Å²) in [6.45, 7) is -0.532. The molecule has 6 heterocycles. The Bertz CT molecular complexity index is 1520. The second-order valence-electron chi connectivity index (χ2n) is 12.5. The number of primary amides is 1. The normalized spacial score (nSPS) is 38.2. The van der Waals surface area contributed by atoms with Crippen molar-refractivity contribution in [1.82, 2.24) is 36.4 Å². The van der Waals surface area contributed by atoms with E-state index >= 15 is 0 Å². The lowest BCUT2D eigenvalue weighted by atomic mass is 9.88. The number of phenols is 1. The van der Waals surface area contributed by atoms with E-state index in [1.807, 2.05) is 0 Å². The van der Waals surface area contributed by atoms with E-state index in [9.17, 15) is 38.7 Å². The van der Waals surface area contributed by atoms with E-state index in [1.165, 1.54) is 21.9 Å². The third kappa shape index (κ3) is 3.88. The third-order valence-electron chi connectivity index (χ3n) is 9.73. The summed E-state index contributed by atoms with van der Waals surface area (Å²) in [4.78, 5) is 95.1. The van der Waals surface area contributed by atoms with Gasteiger partial charge in [0.05, 0.1) is 19.1 Å². The maximum absolute atomic E-state index is 14.0. The zero-order valence-corrected chi connectivity index (χ0v) is 22.8. The van der Waals surface area contributed by atoms with Gasteiger partial charge in [-0.3, -0.25) is 33.6 Å². The van der Waals surface area contributed by atoms with Crippen LogP contribution >= 0.6 is 0 Å². The van der Waals surface area contributed by atoms with E-state index in [1.54, 1.807) is 12.1 Å². The molecule has 0 saturated carbocycles. The average Bonchev–Trinajstić information content (AvgIpc) is 3.67. The summed E-state index contributed by atoms with van der Waals surface area (Å²) in [5, 5.41) is 23.3. The van der Waals surface area contributed by atoms with E-state index in [4.69, 9.17) is 5.73 Å². The number of benzene rings is 1. The highest BCUT2D eigenvalue weighted by Crippen LogP contribution is 2.41. The first kappa shape index (κ1) is 27.1. The minimum atomic E-state index is -1.60. The van der Waals surface area contributed by atoms with E-state index in [0.717, 1.165) is 0 Å². The van der Waals surface area contributed by atoms with Crippen molar-refractivity contribution < 1.29 is 38.7 Å². The van der Waals surface area contributed by atoms with Crippen LogP contribution in [-0.4, -0.2) is 117 Å². The smallest absolute Gasteiger partial charge is 0.251 e. The van der Waals surface area contributed by atoms with Gasteiger partial charge in [0, 0.05) is 32.2 Å². The fraction of sp³-hybridized carbons (Fsp3) is 0.519. The number of nitrogens with one attached hydrogen (secondary N) is 5. The van der Waals surface area contributed by atoms with Gasteiger partial charge < -0.3 is 47.2 Å². The van der Waals surface area contributed by atoms with Crippen LogP contribution in [0, 0.1) is 0 Å². The van der Waals surface area contributed by atoms with Crippen molar-refractivity contribution in [2.75, 3.05) is 19.6 Å². The minimum Gasteiger partial charge on any atom is -0.508 e. The fourth-order valence-electron chi connectivity index (χ4n) is 7.50. The van der Waals surface area contributed by atoms with E-state index in [-0.39, 0.29) is 51.1 Å². The number of nitrogens with zero attached hydrogens (tertiary/aromatic N) is 2. The molecule has 6 aliphatic heterocycles. The zero-order valence-electron chi connectivity index (χ0n) is 22.8. The number of carbonyl (C=O) groups is 7. The minimum absolute atomic E-state index is 0.0129.